The molecule has 0 amide bonds. The number of nitrogens with one attached hydrogen (secondary N) is 1. The summed E-state index contributed by atoms with van der Waals surface area (Å²) in [5.74, 6) is 0. The molecular formula is C11H17NOS. The van der Waals surface area contributed by atoms with E-state index in [0.717, 1.165) is 24.9 Å². The first-order valence-electron chi connectivity index (χ1n) is 4.86. The van der Waals surface area contributed by atoms with E-state index >= 15 is 0 Å². The van der Waals surface area contributed by atoms with E-state index in [2.05, 4.69) is 11.9 Å². The molecule has 0 spiro atoms. The minimum atomic E-state index is -0.370. The van der Waals surface area contributed by atoms with Crippen LogP contribution in [0.1, 0.15) is 24.5 Å². The molecule has 0 aliphatic rings. The van der Waals surface area contributed by atoms with Crippen molar-refractivity contribution in [2.75, 3.05) is 13.1 Å². The van der Waals surface area contributed by atoms with Crippen molar-refractivity contribution in [2.45, 2.75) is 18.9 Å². The van der Waals surface area contributed by atoms with Gasteiger partial charge in [-0.15, -0.1) is 6.58 Å². The Morgan fingerprint density at radius 3 is 3.14 bits per heavy atom. The molecule has 0 aliphatic heterocycles. The van der Waals surface area contributed by atoms with Gasteiger partial charge in [-0.1, -0.05) is 6.08 Å². The number of aliphatic hydroxyl groups is 1. The molecule has 1 unspecified atom stereocenters. The summed E-state index contributed by atoms with van der Waals surface area (Å²) in [4.78, 5) is 0. The van der Waals surface area contributed by atoms with E-state index < -0.39 is 0 Å². The van der Waals surface area contributed by atoms with E-state index in [1.807, 2.05) is 22.9 Å². The van der Waals surface area contributed by atoms with Gasteiger partial charge in [-0.05, 0) is 41.8 Å². The van der Waals surface area contributed by atoms with E-state index in [9.17, 15) is 5.11 Å². The quantitative estimate of drug-likeness (QED) is 0.536. The van der Waals surface area contributed by atoms with Crippen molar-refractivity contribution in [3.05, 3.63) is 35.0 Å². The van der Waals surface area contributed by atoms with Crippen molar-refractivity contribution in [1.82, 2.24) is 5.32 Å². The van der Waals surface area contributed by atoms with Crippen LogP contribution in [-0.4, -0.2) is 18.2 Å². The highest BCUT2D eigenvalue weighted by molar-refractivity contribution is 7.07. The van der Waals surface area contributed by atoms with Crippen LogP contribution in [0.4, 0.5) is 0 Å². The number of hydrogen-bond donors (Lipinski definition) is 2. The Labute approximate surface area is 89.3 Å². The Balaban J connectivity index is 2.10. The molecule has 0 radical (unpaired) electrons. The second-order valence-corrected chi connectivity index (χ2v) is 3.99. The molecule has 0 bridgehead atoms. The Morgan fingerprint density at radius 2 is 2.50 bits per heavy atom. The summed E-state index contributed by atoms with van der Waals surface area (Å²) in [5.41, 5.74) is 1.01. The summed E-state index contributed by atoms with van der Waals surface area (Å²) in [5, 5.41) is 16.9. The molecule has 78 valence electrons. The van der Waals surface area contributed by atoms with E-state index in [0.29, 0.717) is 6.54 Å². The molecule has 3 heteroatoms. The Hall–Kier alpha value is -0.640. The molecule has 0 fully saturated rings. The van der Waals surface area contributed by atoms with Gasteiger partial charge in [0, 0.05) is 6.54 Å². The minimum Gasteiger partial charge on any atom is -0.387 e. The largest absolute Gasteiger partial charge is 0.387 e. The molecule has 1 rings (SSSR count). The van der Waals surface area contributed by atoms with E-state index in [-0.39, 0.29) is 6.10 Å². The summed E-state index contributed by atoms with van der Waals surface area (Å²) >= 11 is 1.61. The van der Waals surface area contributed by atoms with Crippen LogP contribution in [0.5, 0.6) is 0 Å². The van der Waals surface area contributed by atoms with Gasteiger partial charge in [-0.25, -0.2) is 0 Å². The highest BCUT2D eigenvalue weighted by Crippen LogP contribution is 2.14. The first-order chi connectivity index (χ1) is 6.84. The van der Waals surface area contributed by atoms with Crippen molar-refractivity contribution in [3.63, 3.8) is 0 Å². The van der Waals surface area contributed by atoms with Crippen molar-refractivity contribution in [3.8, 4) is 0 Å². The Morgan fingerprint density at radius 1 is 1.64 bits per heavy atom. The second-order valence-electron chi connectivity index (χ2n) is 3.21. The fourth-order valence-electron chi connectivity index (χ4n) is 1.19. The van der Waals surface area contributed by atoms with E-state index in [1.54, 1.807) is 11.3 Å². The zero-order valence-electron chi connectivity index (χ0n) is 8.28. The minimum absolute atomic E-state index is 0.370. The van der Waals surface area contributed by atoms with Gasteiger partial charge in [0.15, 0.2) is 0 Å². The van der Waals surface area contributed by atoms with Gasteiger partial charge in [0.05, 0.1) is 6.10 Å². The van der Waals surface area contributed by atoms with Crippen LogP contribution >= 0.6 is 11.3 Å². The predicted octanol–water partition coefficient (Wildman–Crippen LogP) is 2.34. The first-order valence-corrected chi connectivity index (χ1v) is 5.80. The maximum Gasteiger partial charge on any atom is 0.0922 e. The number of rotatable bonds is 7. The molecule has 2 N–H and O–H groups in total. The van der Waals surface area contributed by atoms with Crippen molar-refractivity contribution in [1.29, 1.82) is 0 Å². The van der Waals surface area contributed by atoms with Gasteiger partial charge >= 0.3 is 0 Å². The van der Waals surface area contributed by atoms with Crippen LogP contribution in [0.2, 0.25) is 0 Å². The van der Waals surface area contributed by atoms with Crippen LogP contribution in [0, 0.1) is 0 Å². The predicted molar refractivity (Wildman–Crippen MR) is 61.6 cm³/mol. The second kappa shape index (κ2) is 6.76. The van der Waals surface area contributed by atoms with Gasteiger partial charge in [0.25, 0.3) is 0 Å². The number of allylic oxidation sites excluding steroid dienone is 1. The Bertz CT molecular complexity index is 246. The third-order valence-electron chi connectivity index (χ3n) is 2.03. The van der Waals surface area contributed by atoms with Crippen LogP contribution < -0.4 is 5.32 Å². The van der Waals surface area contributed by atoms with Crippen molar-refractivity contribution >= 4 is 11.3 Å². The highest BCUT2D eigenvalue weighted by Gasteiger charge is 2.05. The third-order valence-corrected chi connectivity index (χ3v) is 2.73. The molecule has 1 atom stereocenters. The van der Waals surface area contributed by atoms with Gasteiger partial charge < -0.3 is 10.4 Å². The third kappa shape index (κ3) is 4.05. The lowest BCUT2D eigenvalue weighted by Gasteiger charge is -2.09. The average Bonchev–Trinajstić information content (AvgIpc) is 2.70. The lowest BCUT2D eigenvalue weighted by molar-refractivity contribution is 0.175. The number of unbranched alkanes of at least 4 members (excludes halogenated alkanes) is 1. The maximum atomic E-state index is 9.69. The smallest absolute Gasteiger partial charge is 0.0922 e. The lowest BCUT2D eigenvalue weighted by Crippen LogP contribution is -2.22. The van der Waals surface area contributed by atoms with Gasteiger partial charge in [-0.3, -0.25) is 0 Å². The molecule has 0 aliphatic carbocycles. The molecule has 0 saturated heterocycles. The SMILES string of the molecule is C=CCCCNCC(O)c1ccsc1. The standard InChI is InChI=1S/C11H17NOS/c1-2-3-4-6-12-8-11(13)10-5-7-14-9-10/h2,5,7,9,11-13H,1,3-4,6,8H2. The number of hydrogen-bond acceptors (Lipinski definition) is 3. The van der Waals surface area contributed by atoms with Crippen molar-refractivity contribution < 1.29 is 5.11 Å². The van der Waals surface area contributed by atoms with Crippen LogP contribution in [0.25, 0.3) is 0 Å². The zero-order valence-corrected chi connectivity index (χ0v) is 9.09. The van der Waals surface area contributed by atoms with Gasteiger partial charge in [0.1, 0.15) is 0 Å². The normalized spacial score (nSPS) is 12.6. The first kappa shape index (κ1) is 11.4. The fraction of sp³-hybridized carbons (Fsp3) is 0.455. The topological polar surface area (TPSA) is 32.3 Å². The van der Waals surface area contributed by atoms with E-state index in [4.69, 9.17) is 0 Å². The monoisotopic (exact) mass is 211 g/mol. The summed E-state index contributed by atoms with van der Waals surface area (Å²) in [6.45, 7) is 5.23. The van der Waals surface area contributed by atoms with Crippen LogP contribution in [-0.2, 0) is 0 Å². The molecule has 1 aromatic heterocycles. The van der Waals surface area contributed by atoms with Crippen molar-refractivity contribution in [2.24, 2.45) is 0 Å². The molecule has 1 heterocycles. The van der Waals surface area contributed by atoms with Crippen LogP contribution in [0.15, 0.2) is 29.5 Å². The molecule has 1 aromatic rings. The summed E-state index contributed by atoms with van der Waals surface area (Å²) in [7, 11) is 0. The van der Waals surface area contributed by atoms with Gasteiger partial charge in [-0.2, -0.15) is 11.3 Å². The number of aliphatic hydroxyl groups excluding tert-OH is 1. The Kier molecular flexibility index (Phi) is 5.52. The highest BCUT2D eigenvalue weighted by atomic mass is 32.1. The fourth-order valence-corrected chi connectivity index (χ4v) is 1.90. The number of thiophene rings is 1. The zero-order chi connectivity index (χ0) is 10.2. The summed E-state index contributed by atoms with van der Waals surface area (Å²) in [6, 6.07) is 1.96. The molecular weight excluding hydrogens is 194 g/mol. The molecule has 0 aromatic carbocycles. The maximum absolute atomic E-state index is 9.69. The molecule has 14 heavy (non-hydrogen) atoms. The lowest BCUT2D eigenvalue weighted by atomic mass is 10.2. The van der Waals surface area contributed by atoms with E-state index in [1.165, 1.54) is 0 Å². The average molecular weight is 211 g/mol. The summed E-state index contributed by atoms with van der Waals surface area (Å²) in [6.07, 6.45) is 3.66. The molecule has 0 saturated carbocycles. The van der Waals surface area contributed by atoms with Crippen LogP contribution in [0.3, 0.4) is 0 Å². The molecule has 2 nitrogen and oxygen atoms in total. The van der Waals surface area contributed by atoms with Gasteiger partial charge in [0.2, 0.25) is 0 Å². The summed E-state index contributed by atoms with van der Waals surface area (Å²) < 4.78 is 0.